The number of nitrogens with one attached hydrogen (secondary N) is 3. The number of urea groups is 1. The van der Waals surface area contributed by atoms with Gasteiger partial charge in [-0.25, -0.2) is 9.59 Å². The predicted octanol–water partition coefficient (Wildman–Crippen LogP) is 2.31. The monoisotopic (exact) mass is 348 g/mol. The van der Waals surface area contributed by atoms with Gasteiger partial charge in [0.15, 0.2) is 0 Å². The first-order chi connectivity index (χ1) is 11.9. The van der Waals surface area contributed by atoms with E-state index in [-0.39, 0.29) is 24.1 Å². The number of methoxy groups -OCH3 is 1. The van der Waals surface area contributed by atoms with Crippen LogP contribution in [0.2, 0.25) is 0 Å². The molecule has 3 N–H and O–H groups in total. The summed E-state index contributed by atoms with van der Waals surface area (Å²) in [7, 11) is 1.34. The van der Waals surface area contributed by atoms with Crippen LogP contribution < -0.4 is 16.0 Å². The average Bonchev–Trinajstić information content (AvgIpc) is 2.57. The van der Waals surface area contributed by atoms with Crippen LogP contribution in [0.15, 0.2) is 18.2 Å². The lowest BCUT2D eigenvalue weighted by atomic mass is 10.1. The molecule has 0 aliphatic carbocycles. The van der Waals surface area contributed by atoms with Gasteiger partial charge in [0.25, 0.3) is 0 Å². The third kappa shape index (κ3) is 5.37. The lowest BCUT2D eigenvalue weighted by molar-refractivity contribution is -0.114. The van der Waals surface area contributed by atoms with Gasteiger partial charge in [0.1, 0.15) is 0 Å². The van der Waals surface area contributed by atoms with Crippen LogP contribution in [-0.4, -0.2) is 49.2 Å². The Labute approximate surface area is 146 Å². The van der Waals surface area contributed by atoms with Crippen molar-refractivity contribution in [1.29, 1.82) is 0 Å². The molecule has 1 saturated heterocycles. The van der Waals surface area contributed by atoms with E-state index in [0.29, 0.717) is 24.5 Å². The molecule has 2 rings (SSSR count). The Kier molecular flexibility index (Phi) is 6.21. The molecule has 1 aliphatic rings. The molecule has 25 heavy (non-hydrogen) atoms. The number of aryl methyl sites for hydroxylation is 1. The first-order valence-corrected chi connectivity index (χ1v) is 8.17. The van der Waals surface area contributed by atoms with Crippen molar-refractivity contribution in [3.8, 4) is 0 Å². The number of hydrogen-bond donors (Lipinski definition) is 3. The number of amides is 4. The third-order valence-electron chi connectivity index (χ3n) is 4.00. The van der Waals surface area contributed by atoms with Crippen molar-refractivity contribution in [2.75, 3.05) is 30.8 Å². The second-order valence-electron chi connectivity index (χ2n) is 6.06. The highest BCUT2D eigenvalue weighted by molar-refractivity contribution is 5.93. The van der Waals surface area contributed by atoms with Gasteiger partial charge in [-0.05, 0) is 37.5 Å². The van der Waals surface area contributed by atoms with Crippen LogP contribution in [0.25, 0.3) is 0 Å². The van der Waals surface area contributed by atoms with E-state index in [1.54, 1.807) is 17.0 Å². The van der Waals surface area contributed by atoms with Gasteiger partial charge in [0.2, 0.25) is 5.91 Å². The van der Waals surface area contributed by atoms with Gasteiger partial charge < -0.3 is 25.6 Å². The maximum absolute atomic E-state index is 12.3. The number of carbonyl (C=O) groups is 3. The summed E-state index contributed by atoms with van der Waals surface area (Å²) < 4.78 is 4.72. The van der Waals surface area contributed by atoms with Gasteiger partial charge in [-0.15, -0.1) is 0 Å². The van der Waals surface area contributed by atoms with Gasteiger partial charge in [0.05, 0.1) is 7.11 Å². The number of hydrogen-bond acceptors (Lipinski definition) is 4. The smallest absolute Gasteiger partial charge is 0.409 e. The summed E-state index contributed by atoms with van der Waals surface area (Å²) in [6, 6.07) is 4.82. The van der Waals surface area contributed by atoms with Gasteiger partial charge in [-0.1, -0.05) is 6.07 Å². The Hall–Kier alpha value is -2.77. The summed E-state index contributed by atoms with van der Waals surface area (Å²) in [4.78, 5) is 36.6. The van der Waals surface area contributed by atoms with E-state index in [4.69, 9.17) is 4.74 Å². The summed E-state index contributed by atoms with van der Waals surface area (Å²) in [5.74, 6) is -0.177. The molecule has 136 valence electrons. The Bertz CT molecular complexity index is 662. The van der Waals surface area contributed by atoms with Crippen molar-refractivity contribution in [3.63, 3.8) is 0 Å². The molecule has 8 nitrogen and oxygen atoms in total. The number of likely N-dealkylation sites (tertiary alicyclic amines) is 1. The molecule has 0 radical (unpaired) electrons. The van der Waals surface area contributed by atoms with E-state index in [9.17, 15) is 14.4 Å². The molecule has 0 spiro atoms. The summed E-state index contributed by atoms with van der Waals surface area (Å²) in [6.07, 6.45) is 1.22. The first-order valence-electron chi connectivity index (χ1n) is 8.17. The minimum absolute atomic E-state index is 0.133. The Morgan fingerprint density at radius 2 is 2.00 bits per heavy atom. The lowest BCUT2D eigenvalue weighted by Gasteiger charge is -2.32. The molecule has 1 aromatic carbocycles. The molecule has 0 bridgehead atoms. The van der Waals surface area contributed by atoms with Gasteiger partial charge in [0, 0.05) is 37.4 Å². The summed E-state index contributed by atoms with van der Waals surface area (Å²) in [6.45, 7) is 4.35. The summed E-state index contributed by atoms with van der Waals surface area (Å²) in [5, 5.41) is 8.35. The standard InChI is InChI=1S/C17H24N4O4/c1-11-6-7-13(18-12(2)22)9-15(11)20-16(23)19-14-5-4-8-21(10-14)17(24)25-3/h6-7,9,14H,4-5,8,10H2,1-3H3,(H,18,22)(H2,19,20,23)/t14-/m1/s1. The van der Waals surface area contributed by atoms with Crippen LogP contribution >= 0.6 is 0 Å². The molecule has 1 heterocycles. The number of anilines is 2. The van der Waals surface area contributed by atoms with Gasteiger partial charge in [-0.2, -0.15) is 0 Å². The zero-order valence-electron chi connectivity index (χ0n) is 14.7. The molecule has 4 amide bonds. The second kappa shape index (κ2) is 8.36. The van der Waals surface area contributed by atoms with Crippen molar-refractivity contribution in [2.45, 2.75) is 32.7 Å². The van der Waals surface area contributed by atoms with Crippen LogP contribution in [-0.2, 0) is 9.53 Å². The number of nitrogens with zero attached hydrogens (tertiary/aromatic N) is 1. The number of rotatable bonds is 3. The van der Waals surface area contributed by atoms with E-state index >= 15 is 0 Å². The first kappa shape index (κ1) is 18.6. The highest BCUT2D eigenvalue weighted by Gasteiger charge is 2.25. The van der Waals surface area contributed by atoms with Crippen molar-refractivity contribution >= 4 is 29.4 Å². The topological polar surface area (TPSA) is 99.8 Å². The lowest BCUT2D eigenvalue weighted by Crippen LogP contribution is -2.50. The van der Waals surface area contributed by atoms with Gasteiger partial charge >= 0.3 is 12.1 Å². The van der Waals surface area contributed by atoms with Crippen LogP contribution in [0.3, 0.4) is 0 Å². The Morgan fingerprint density at radius 3 is 2.68 bits per heavy atom. The van der Waals surface area contributed by atoms with E-state index in [2.05, 4.69) is 16.0 Å². The van der Waals surface area contributed by atoms with E-state index in [1.165, 1.54) is 14.0 Å². The highest BCUT2D eigenvalue weighted by atomic mass is 16.5. The fourth-order valence-electron chi connectivity index (χ4n) is 2.77. The van der Waals surface area contributed by atoms with Crippen molar-refractivity contribution < 1.29 is 19.1 Å². The molecular weight excluding hydrogens is 324 g/mol. The molecule has 0 aromatic heterocycles. The molecule has 1 aromatic rings. The van der Waals surface area contributed by atoms with Crippen molar-refractivity contribution in [2.24, 2.45) is 0 Å². The maximum atomic E-state index is 12.3. The minimum Gasteiger partial charge on any atom is -0.453 e. The molecule has 0 saturated carbocycles. The Balaban J connectivity index is 1.95. The van der Waals surface area contributed by atoms with Crippen molar-refractivity contribution in [3.05, 3.63) is 23.8 Å². The number of piperidine rings is 1. The average molecular weight is 348 g/mol. The van der Waals surface area contributed by atoms with Crippen LogP contribution in [0.4, 0.5) is 21.0 Å². The largest absolute Gasteiger partial charge is 0.453 e. The number of benzene rings is 1. The quantitative estimate of drug-likeness (QED) is 0.780. The van der Waals surface area contributed by atoms with Gasteiger partial charge in [-0.3, -0.25) is 4.79 Å². The third-order valence-corrected chi connectivity index (χ3v) is 4.00. The molecule has 1 aliphatic heterocycles. The fraction of sp³-hybridized carbons (Fsp3) is 0.471. The predicted molar refractivity (Wildman–Crippen MR) is 94.6 cm³/mol. The molecule has 1 atom stereocenters. The van der Waals surface area contributed by atoms with E-state index < -0.39 is 0 Å². The number of carbonyl (C=O) groups excluding carboxylic acids is 3. The zero-order valence-corrected chi connectivity index (χ0v) is 14.7. The van der Waals surface area contributed by atoms with Crippen LogP contribution in [0.1, 0.15) is 25.3 Å². The maximum Gasteiger partial charge on any atom is 0.409 e. The van der Waals surface area contributed by atoms with Crippen molar-refractivity contribution in [1.82, 2.24) is 10.2 Å². The highest BCUT2D eigenvalue weighted by Crippen LogP contribution is 2.20. The summed E-state index contributed by atoms with van der Waals surface area (Å²) >= 11 is 0. The van der Waals surface area contributed by atoms with E-state index in [0.717, 1.165) is 18.4 Å². The summed E-state index contributed by atoms with van der Waals surface area (Å²) in [5.41, 5.74) is 2.11. The molecule has 1 fully saturated rings. The number of ether oxygens (including phenoxy) is 1. The zero-order chi connectivity index (χ0) is 18.4. The SMILES string of the molecule is COC(=O)N1CCC[C@@H](NC(=O)Nc2cc(NC(C)=O)ccc2C)C1. The Morgan fingerprint density at radius 1 is 1.24 bits per heavy atom. The van der Waals surface area contributed by atoms with Crippen LogP contribution in [0, 0.1) is 6.92 Å². The molecule has 8 heteroatoms. The minimum atomic E-state index is -0.384. The normalized spacial score (nSPS) is 16.8. The van der Waals surface area contributed by atoms with Crippen LogP contribution in [0.5, 0.6) is 0 Å². The second-order valence-corrected chi connectivity index (χ2v) is 6.06. The van der Waals surface area contributed by atoms with E-state index in [1.807, 2.05) is 13.0 Å². The molecule has 0 unspecified atom stereocenters. The molecular formula is C17H24N4O4. The fourth-order valence-corrected chi connectivity index (χ4v) is 2.77.